The van der Waals surface area contributed by atoms with Crippen LogP contribution in [0.25, 0.3) is 6.08 Å². The Hall–Kier alpha value is -3.19. The van der Waals surface area contributed by atoms with Gasteiger partial charge in [-0.3, -0.25) is 10.1 Å². The monoisotopic (exact) mass is 562 g/mol. The Morgan fingerprint density at radius 3 is 2.29 bits per heavy atom. The van der Waals surface area contributed by atoms with E-state index in [0.29, 0.717) is 11.8 Å². The maximum Gasteiger partial charge on any atom is 0.418 e. The number of benzene rings is 2. The second-order valence-corrected chi connectivity index (χ2v) is 9.49. The van der Waals surface area contributed by atoms with E-state index in [1.54, 1.807) is 13.8 Å². The van der Waals surface area contributed by atoms with Crippen molar-refractivity contribution in [3.8, 4) is 0 Å². The molecule has 0 aliphatic carbocycles. The first kappa shape index (κ1) is 29.4. The summed E-state index contributed by atoms with van der Waals surface area (Å²) in [6.45, 7) is 4.21. The molecular weight excluding hydrogens is 538 g/mol. The molecule has 0 bridgehead atoms. The van der Waals surface area contributed by atoms with Crippen molar-refractivity contribution in [2.75, 3.05) is 31.6 Å². The van der Waals surface area contributed by atoms with Crippen LogP contribution in [0.5, 0.6) is 0 Å². The van der Waals surface area contributed by atoms with E-state index >= 15 is 0 Å². The Morgan fingerprint density at radius 1 is 1.03 bits per heavy atom. The smallest absolute Gasteiger partial charge is 0.418 e. The highest BCUT2D eigenvalue weighted by Crippen LogP contribution is 2.48. The number of morpholine rings is 1. The van der Waals surface area contributed by atoms with Gasteiger partial charge in [0.1, 0.15) is 0 Å². The summed E-state index contributed by atoms with van der Waals surface area (Å²) in [5, 5.41) is 2.41. The summed E-state index contributed by atoms with van der Waals surface area (Å²) < 4.78 is 94.4. The normalized spacial score (nSPS) is 14.7. The number of anilines is 1. The molecule has 206 valence electrons. The zero-order chi connectivity index (χ0) is 28.1. The number of carbonyl (C=O) groups excluding carboxylic acids is 2. The van der Waals surface area contributed by atoms with Crippen molar-refractivity contribution >= 4 is 35.5 Å². The van der Waals surface area contributed by atoms with E-state index in [4.69, 9.17) is 9.47 Å². The number of ether oxygens (including phenoxy) is 2. The van der Waals surface area contributed by atoms with Gasteiger partial charge in [-0.1, -0.05) is 23.9 Å². The Kier molecular flexibility index (Phi) is 9.36. The first-order valence-electron chi connectivity index (χ1n) is 11.4. The third-order valence-corrected chi connectivity index (χ3v) is 6.20. The number of carbonyl (C=O) groups is 2. The largest absolute Gasteiger partial charge is 0.447 e. The van der Waals surface area contributed by atoms with Gasteiger partial charge in [0.15, 0.2) is 0 Å². The van der Waals surface area contributed by atoms with Crippen LogP contribution in [0.3, 0.4) is 0 Å². The number of rotatable bonds is 6. The highest BCUT2D eigenvalue weighted by molar-refractivity contribution is 7.99. The minimum absolute atomic E-state index is 0.150. The van der Waals surface area contributed by atoms with Crippen molar-refractivity contribution in [1.82, 2.24) is 4.90 Å². The van der Waals surface area contributed by atoms with E-state index in [2.05, 4.69) is 5.32 Å². The molecule has 1 saturated heterocycles. The topological polar surface area (TPSA) is 67.9 Å². The maximum absolute atomic E-state index is 14.1. The van der Waals surface area contributed by atoms with Gasteiger partial charge < -0.3 is 14.4 Å². The molecule has 3 rings (SSSR count). The second-order valence-electron chi connectivity index (χ2n) is 8.38. The molecular formula is C25H24F6N2O4S. The molecule has 2 amide bonds. The molecule has 6 nitrogen and oxygen atoms in total. The number of amides is 2. The van der Waals surface area contributed by atoms with Crippen LogP contribution in [0.2, 0.25) is 0 Å². The van der Waals surface area contributed by atoms with Crippen LogP contribution in [0.4, 0.5) is 36.8 Å². The molecule has 1 heterocycles. The van der Waals surface area contributed by atoms with E-state index in [1.807, 2.05) is 0 Å². The third-order valence-electron chi connectivity index (χ3n) is 5.15. The summed E-state index contributed by atoms with van der Waals surface area (Å²) in [6, 6.07) is 7.41. The Morgan fingerprint density at radius 2 is 1.68 bits per heavy atom. The zero-order valence-electron chi connectivity index (χ0n) is 20.3. The van der Waals surface area contributed by atoms with E-state index in [0.717, 1.165) is 24.3 Å². The lowest BCUT2D eigenvalue weighted by atomic mass is 9.99. The molecule has 0 spiro atoms. The first-order chi connectivity index (χ1) is 17.8. The van der Waals surface area contributed by atoms with E-state index < -0.39 is 52.0 Å². The Bertz CT molecular complexity index is 1190. The molecule has 0 atom stereocenters. The van der Waals surface area contributed by atoms with E-state index in [-0.39, 0.29) is 36.9 Å². The predicted octanol–water partition coefficient (Wildman–Crippen LogP) is 6.70. The lowest BCUT2D eigenvalue weighted by Crippen LogP contribution is -2.39. The number of alkyl halides is 6. The van der Waals surface area contributed by atoms with Gasteiger partial charge in [-0.25, -0.2) is 4.79 Å². The zero-order valence-corrected chi connectivity index (χ0v) is 21.1. The number of nitrogens with zero attached hydrogens (tertiary/aromatic N) is 1. The molecule has 13 heteroatoms. The molecule has 38 heavy (non-hydrogen) atoms. The van der Waals surface area contributed by atoms with Crippen LogP contribution < -0.4 is 5.32 Å². The lowest BCUT2D eigenvalue weighted by molar-refractivity contribution is -0.163. The summed E-state index contributed by atoms with van der Waals surface area (Å²) in [4.78, 5) is 24.9. The lowest BCUT2D eigenvalue weighted by Gasteiger charge is -2.25. The fourth-order valence-corrected chi connectivity index (χ4v) is 4.63. The van der Waals surface area contributed by atoms with Crippen molar-refractivity contribution < 1.29 is 45.4 Å². The van der Waals surface area contributed by atoms with E-state index in [1.165, 1.54) is 29.2 Å². The fourth-order valence-electron chi connectivity index (χ4n) is 3.59. The van der Waals surface area contributed by atoms with Crippen molar-refractivity contribution in [2.24, 2.45) is 0 Å². The van der Waals surface area contributed by atoms with Gasteiger partial charge in [0.2, 0.25) is 5.91 Å². The van der Waals surface area contributed by atoms with Crippen molar-refractivity contribution in [3.05, 3.63) is 59.2 Å². The molecule has 1 aliphatic rings. The molecule has 1 aliphatic heterocycles. The molecule has 2 aromatic carbocycles. The molecule has 2 aromatic rings. The summed E-state index contributed by atoms with van der Waals surface area (Å²) in [7, 11) is 0. The molecule has 1 fully saturated rings. The maximum atomic E-state index is 14.1. The van der Waals surface area contributed by atoms with Crippen molar-refractivity contribution in [1.29, 1.82) is 0 Å². The van der Waals surface area contributed by atoms with Crippen LogP contribution in [-0.4, -0.2) is 49.3 Å². The molecule has 0 radical (unpaired) electrons. The quantitative estimate of drug-likeness (QED) is 0.313. The van der Waals surface area contributed by atoms with Gasteiger partial charge in [0.25, 0.3) is 0 Å². The van der Waals surface area contributed by atoms with Crippen molar-refractivity contribution in [2.45, 2.75) is 42.1 Å². The second kappa shape index (κ2) is 12.1. The van der Waals surface area contributed by atoms with E-state index in [9.17, 15) is 35.9 Å². The highest BCUT2D eigenvalue weighted by atomic mass is 32.2. The Labute approximate surface area is 219 Å². The number of nitrogens with one attached hydrogen (secondary N) is 1. The van der Waals surface area contributed by atoms with Gasteiger partial charge in [0.05, 0.1) is 30.4 Å². The van der Waals surface area contributed by atoms with Crippen molar-refractivity contribution in [3.63, 3.8) is 0 Å². The van der Waals surface area contributed by atoms with Crippen LogP contribution in [0, 0.1) is 0 Å². The van der Waals surface area contributed by atoms with Gasteiger partial charge in [-0.2, -0.15) is 26.3 Å². The first-order valence-corrected chi connectivity index (χ1v) is 12.2. The summed E-state index contributed by atoms with van der Waals surface area (Å²) >= 11 is 0.457. The minimum atomic E-state index is -5.37. The average molecular weight is 563 g/mol. The van der Waals surface area contributed by atoms with Gasteiger partial charge >= 0.3 is 18.4 Å². The van der Waals surface area contributed by atoms with Gasteiger partial charge in [-0.15, -0.1) is 0 Å². The molecule has 0 aromatic heterocycles. The van der Waals surface area contributed by atoms with Crippen LogP contribution in [0.15, 0.2) is 52.3 Å². The highest BCUT2D eigenvalue weighted by Gasteiger charge is 2.46. The number of hydrogen-bond donors (Lipinski definition) is 1. The third kappa shape index (κ3) is 7.90. The standard InChI is InChI=1S/C25H24F6N2O4S/c1-15(2)37-23(35)32-17-4-3-5-18(14-17)38-19-8-6-16(7-9-20(34)33-10-12-36-13-11-33)21(24(26,27)28)22(19)25(29,30)31/h3-9,14-15H,10-13H2,1-2H3,(H,32,35)/b9-7+. The Balaban J connectivity index is 1.98. The number of halogens is 6. The fraction of sp³-hybridized carbons (Fsp3) is 0.360. The van der Waals surface area contributed by atoms with Crippen LogP contribution >= 0.6 is 11.8 Å². The predicted molar refractivity (Wildman–Crippen MR) is 129 cm³/mol. The number of hydrogen-bond acceptors (Lipinski definition) is 5. The molecule has 0 saturated carbocycles. The molecule has 1 N–H and O–H groups in total. The van der Waals surface area contributed by atoms with Crippen LogP contribution in [0.1, 0.15) is 30.5 Å². The molecule has 0 unspecified atom stereocenters. The van der Waals surface area contributed by atoms with Crippen LogP contribution in [-0.2, 0) is 26.6 Å². The average Bonchev–Trinajstić information content (AvgIpc) is 2.81. The van der Waals surface area contributed by atoms with Gasteiger partial charge in [-0.05, 0) is 49.8 Å². The summed E-state index contributed by atoms with van der Waals surface area (Å²) in [5.41, 5.74) is -4.36. The van der Waals surface area contributed by atoms with Gasteiger partial charge in [0, 0.05) is 34.6 Å². The summed E-state index contributed by atoms with van der Waals surface area (Å²) in [6.07, 6.45) is -10.4. The minimum Gasteiger partial charge on any atom is -0.447 e. The SMILES string of the molecule is CC(C)OC(=O)Nc1cccc(Sc2ccc(/C=C/C(=O)N3CCOCC3)c(C(F)(F)F)c2C(F)(F)F)c1. The summed E-state index contributed by atoms with van der Waals surface area (Å²) in [5.74, 6) is -0.631.